The van der Waals surface area contributed by atoms with Crippen molar-refractivity contribution in [2.75, 3.05) is 22.8 Å². The highest BCUT2D eigenvalue weighted by atomic mass is 35.5. The largest absolute Gasteiger partial charge is 0.452 e. The Morgan fingerprint density at radius 2 is 1.94 bits per heavy atom. The molecule has 1 N–H and O–H groups in total. The fourth-order valence-electron chi connectivity index (χ4n) is 4.22. The average molecular weight is 547 g/mol. The van der Waals surface area contributed by atoms with E-state index in [4.69, 9.17) is 16.3 Å². The summed E-state index contributed by atoms with van der Waals surface area (Å²) in [5.74, 6) is -0.568. The summed E-state index contributed by atoms with van der Waals surface area (Å²) >= 11 is 7.78. The summed E-state index contributed by atoms with van der Waals surface area (Å²) < 4.78 is 33.1. The molecule has 3 aromatic rings. The third-order valence-electron chi connectivity index (χ3n) is 6.09. The highest BCUT2D eigenvalue weighted by Gasteiger charge is 2.26. The van der Waals surface area contributed by atoms with E-state index < -0.39 is 28.5 Å². The van der Waals surface area contributed by atoms with Crippen molar-refractivity contribution in [3.63, 3.8) is 0 Å². The molecule has 1 aliphatic rings. The molecule has 190 valence electrons. The Morgan fingerprint density at radius 1 is 1.19 bits per heavy atom. The van der Waals surface area contributed by atoms with Gasteiger partial charge in [0.2, 0.25) is 0 Å². The van der Waals surface area contributed by atoms with Crippen molar-refractivity contribution in [3.05, 3.63) is 74.9 Å². The molecule has 1 aromatic heterocycles. The maximum Gasteiger partial charge on any atom is 0.339 e. The van der Waals surface area contributed by atoms with Crippen LogP contribution in [0.15, 0.2) is 58.8 Å². The zero-order chi connectivity index (χ0) is 25.9. The van der Waals surface area contributed by atoms with Crippen LogP contribution in [-0.2, 0) is 32.4 Å². The molecule has 0 bridgehead atoms. The number of esters is 1. The van der Waals surface area contributed by atoms with Gasteiger partial charge in [0, 0.05) is 16.8 Å². The average Bonchev–Trinajstić information content (AvgIpc) is 3.28. The number of hydrogen-bond donors (Lipinski definition) is 1. The third-order valence-corrected chi connectivity index (χ3v) is 9.37. The predicted molar refractivity (Wildman–Crippen MR) is 143 cm³/mol. The van der Waals surface area contributed by atoms with Gasteiger partial charge in [0.1, 0.15) is 0 Å². The van der Waals surface area contributed by atoms with Crippen LogP contribution < -0.4 is 9.62 Å². The molecule has 4 rings (SSSR count). The molecule has 0 radical (unpaired) electrons. The fraction of sp³-hybridized carbons (Fsp3) is 0.308. The van der Waals surface area contributed by atoms with Gasteiger partial charge in [0.05, 0.1) is 26.9 Å². The number of sulfonamides is 1. The molecule has 0 spiro atoms. The van der Waals surface area contributed by atoms with E-state index in [0.29, 0.717) is 17.2 Å². The number of anilines is 2. The summed E-state index contributed by atoms with van der Waals surface area (Å²) in [5.41, 5.74) is 2.17. The van der Waals surface area contributed by atoms with Crippen LogP contribution in [0.1, 0.15) is 41.1 Å². The molecule has 1 heterocycles. The number of amides is 1. The van der Waals surface area contributed by atoms with Gasteiger partial charge in [-0.2, -0.15) is 0 Å². The number of hydrogen-bond acceptors (Lipinski definition) is 6. The topological polar surface area (TPSA) is 92.8 Å². The fourth-order valence-corrected chi connectivity index (χ4v) is 7.12. The molecule has 36 heavy (non-hydrogen) atoms. The second-order valence-corrected chi connectivity index (χ2v) is 11.9. The van der Waals surface area contributed by atoms with Gasteiger partial charge in [0.15, 0.2) is 6.61 Å². The van der Waals surface area contributed by atoms with Crippen LogP contribution in [0.4, 0.5) is 11.4 Å². The van der Waals surface area contributed by atoms with E-state index in [2.05, 4.69) is 12.2 Å². The van der Waals surface area contributed by atoms with Crippen molar-refractivity contribution >= 4 is 56.2 Å². The van der Waals surface area contributed by atoms with Gasteiger partial charge in [-0.1, -0.05) is 36.7 Å². The number of rotatable bonds is 8. The molecule has 0 saturated carbocycles. The van der Waals surface area contributed by atoms with Gasteiger partial charge < -0.3 is 10.1 Å². The molecule has 0 saturated heterocycles. The van der Waals surface area contributed by atoms with E-state index in [1.165, 1.54) is 27.4 Å². The molecule has 0 aliphatic heterocycles. The summed E-state index contributed by atoms with van der Waals surface area (Å²) in [6, 6.07) is 12.8. The quantitative estimate of drug-likeness (QED) is 0.375. The van der Waals surface area contributed by atoms with Gasteiger partial charge in [-0.3, -0.25) is 9.10 Å². The normalized spacial score (nSPS) is 15.1. The van der Waals surface area contributed by atoms with Crippen LogP contribution in [0.3, 0.4) is 0 Å². The molecule has 0 fully saturated rings. The van der Waals surface area contributed by atoms with Crippen LogP contribution in [0.25, 0.3) is 0 Å². The molecule has 2 aromatic carbocycles. The number of benzene rings is 2. The molecule has 10 heteroatoms. The molecule has 7 nitrogen and oxygen atoms in total. The monoisotopic (exact) mass is 546 g/mol. The summed E-state index contributed by atoms with van der Waals surface area (Å²) in [5, 5.41) is 4.52. The van der Waals surface area contributed by atoms with Crippen LogP contribution in [0, 0.1) is 5.92 Å². The summed E-state index contributed by atoms with van der Waals surface area (Å²) in [6.45, 7) is 3.64. The SMILES string of the molecule is CCN(c1ccccc1)S(=O)(=O)c1ccc(Cl)c(NC(=O)COC(=O)c2csc3c2CCC(C)C3)c1. The minimum absolute atomic E-state index is 0.0240. The standard InChI is InChI=1S/C26H27ClN2O5S2/c1-3-29(18-7-5-4-6-8-18)36(32,33)19-10-12-22(27)23(14-19)28-25(30)15-34-26(31)21-16-35-24-13-17(2)9-11-20(21)24/h4-8,10,12,14,16-17H,3,9,11,13,15H2,1-2H3,(H,28,30). The summed E-state index contributed by atoms with van der Waals surface area (Å²) in [6.07, 6.45) is 2.79. The zero-order valence-corrected chi connectivity index (χ0v) is 22.4. The Labute approximate surface area is 220 Å². The number of carbonyl (C=O) groups excluding carboxylic acids is 2. The van der Waals surface area contributed by atoms with E-state index >= 15 is 0 Å². The van der Waals surface area contributed by atoms with Gasteiger partial charge in [-0.05, 0) is 68.0 Å². The van der Waals surface area contributed by atoms with Crippen LogP contribution >= 0.6 is 22.9 Å². The van der Waals surface area contributed by atoms with Crippen molar-refractivity contribution < 1.29 is 22.7 Å². The number of nitrogens with one attached hydrogen (secondary N) is 1. The Bertz CT molecular complexity index is 1370. The number of thiophene rings is 1. The number of fused-ring (bicyclic) bond motifs is 1. The lowest BCUT2D eigenvalue weighted by Gasteiger charge is -2.23. The van der Waals surface area contributed by atoms with Crippen LogP contribution in [-0.4, -0.2) is 33.4 Å². The predicted octanol–water partition coefficient (Wildman–Crippen LogP) is 5.54. The Kier molecular flexibility index (Phi) is 8.02. The van der Waals surface area contributed by atoms with E-state index in [0.717, 1.165) is 24.8 Å². The van der Waals surface area contributed by atoms with Gasteiger partial charge in [-0.15, -0.1) is 11.3 Å². The van der Waals surface area contributed by atoms with Crippen molar-refractivity contribution in [2.45, 2.75) is 38.0 Å². The third kappa shape index (κ3) is 5.58. The minimum atomic E-state index is -3.91. The lowest BCUT2D eigenvalue weighted by Crippen LogP contribution is -2.30. The Hall–Kier alpha value is -2.88. The van der Waals surface area contributed by atoms with Crippen molar-refractivity contribution in [2.24, 2.45) is 5.92 Å². The van der Waals surface area contributed by atoms with E-state index in [9.17, 15) is 18.0 Å². The minimum Gasteiger partial charge on any atom is -0.452 e. The highest BCUT2D eigenvalue weighted by Crippen LogP contribution is 2.33. The smallest absolute Gasteiger partial charge is 0.339 e. The molecular formula is C26H27ClN2O5S2. The van der Waals surface area contributed by atoms with E-state index in [1.807, 2.05) is 0 Å². The number of halogens is 1. The van der Waals surface area contributed by atoms with Crippen molar-refractivity contribution in [1.29, 1.82) is 0 Å². The number of ether oxygens (including phenoxy) is 1. The lowest BCUT2D eigenvalue weighted by molar-refractivity contribution is -0.119. The van der Waals surface area contributed by atoms with Crippen LogP contribution in [0.2, 0.25) is 5.02 Å². The zero-order valence-electron chi connectivity index (χ0n) is 20.0. The first kappa shape index (κ1) is 26.2. The lowest BCUT2D eigenvalue weighted by atomic mass is 9.88. The maximum absolute atomic E-state index is 13.3. The molecular weight excluding hydrogens is 520 g/mol. The van der Waals surface area contributed by atoms with Crippen molar-refractivity contribution in [3.8, 4) is 0 Å². The van der Waals surface area contributed by atoms with Crippen LogP contribution in [0.5, 0.6) is 0 Å². The summed E-state index contributed by atoms with van der Waals surface area (Å²) in [4.78, 5) is 26.3. The molecule has 1 unspecified atom stereocenters. The number of nitrogens with zero attached hydrogens (tertiary/aromatic N) is 1. The first-order valence-electron chi connectivity index (χ1n) is 11.6. The first-order valence-corrected chi connectivity index (χ1v) is 14.3. The van der Waals surface area contributed by atoms with Gasteiger partial charge in [-0.25, -0.2) is 13.2 Å². The maximum atomic E-state index is 13.3. The Morgan fingerprint density at radius 3 is 2.67 bits per heavy atom. The number of carbonyl (C=O) groups is 2. The van der Waals surface area contributed by atoms with E-state index in [-0.39, 0.29) is 22.2 Å². The van der Waals surface area contributed by atoms with E-state index in [1.54, 1.807) is 54.0 Å². The molecule has 1 atom stereocenters. The second kappa shape index (κ2) is 11.0. The van der Waals surface area contributed by atoms with Gasteiger partial charge in [0.25, 0.3) is 15.9 Å². The Balaban J connectivity index is 1.45. The van der Waals surface area contributed by atoms with Crippen molar-refractivity contribution in [1.82, 2.24) is 0 Å². The molecule has 1 amide bonds. The second-order valence-electron chi connectivity index (χ2n) is 8.67. The number of para-hydroxylation sites is 1. The molecule has 1 aliphatic carbocycles. The highest BCUT2D eigenvalue weighted by molar-refractivity contribution is 7.92. The summed E-state index contributed by atoms with van der Waals surface area (Å²) in [7, 11) is -3.91. The first-order chi connectivity index (χ1) is 17.2. The van der Waals surface area contributed by atoms with Gasteiger partial charge >= 0.3 is 5.97 Å².